The number of nitrogens with one attached hydrogen (secondary N) is 1. The van der Waals surface area contributed by atoms with Crippen LogP contribution in [-0.4, -0.2) is 93.3 Å². The van der Waals surface area contributed by atoms with Crippen LogP contribution in [0.1, 0.15) is 12.8 Å². The number of carboxylic acid groups (broad SMARTS) is 1. The molecule has 0 radical (unpaired) electrons. The minimum atomic E-state index is -5.08. The quantitative estimate of drug-likeness (QED) is 0.462. The van der Waals surface area contributed by atoms with Gasteiger partial charge in [-0.15, -0.1) is 0 Å². The molecule has 10 nitrogen and oxygen atoms in total. The van der Waals surface area contributed by atoms with Crippen molar-refractivity contribution < 1.29 is 28.2 Å². The number of alkyl halides is 3. The second kappa shape index (κ2) is 11.1. The number of carbonyl (C=O) groups is 1. The first kappa shape index (κ1) is 27.6. The lowest BCUT2D eigenvalue weighted by molar-refractivity contribution is -0.192. The van der Waals surface area contributed by atoms with Crippen molar-refractivity contribution in [3.8, 4) is 5.69 Å². The highest BCUT2D eigenvalue weighted by Crippen LogP contribution is 2.24. The van der Waals surface area contributed by atoms with Crippen LogP contribution in [0.15, 0.2) is 47.7 Å². The van der Waals surface area contributed by atoms with E-state index in [1.807, 2.05) is 22.9 Å². The van der Waals surface area contributed by atoms with Crippen LogP contribution in [-0.2, 0) is 11.3 Å². The van der Waals surface area contributed by atoms with Crippen LogP contribution in [0, 0.1) is 0 Å². The van der Waals surface area contributed by atoms with Gasteiger partial charge in [-0.3, -0.25) is 9.36 Å². The van der Waals surface area contributed by atoms with E-state index in [1.54, 1.807) is 10.9 Å². The Morgan fingerprint density at radius 1 is 1.11 bits per heavy atom. The number of nitrogens with zero attached hydrogens (tertiary/aromatic N) is 5. The molecule has 2 fully saturated rings. The number of rotatable bonds is 4. The Balaban J connectivity index is 0.000000426. The normalized spacial score (nSPS) is 18.2. The number of piperidine rings is 1. The third kappa shape index (κ3) is 6.34. The molecule has 0 amide bonds. The first-order valence-corrected chi connectivity index (χ1v) is 12.3. The number of hydrogen-bond acceptors (Lipinski definition) is 7. The number of likely N-dealkylation sites (N-methyl/N-ethyl adjacent to an activating group) is 1. The van der Waals surface area contributed by atoms with Crippen molar-refractivity contribution in [2.45, 2.75) is 31.2 Å². The molecule has 2 aliphatic heterocycles. The van der Waals surface area contributed by atoms with Gasteiger partial charge in [0.15, 0.2) is 5.65 Å². The Morgan fingerprint density at radius 2 is 1.74 bits per heavy atom. The average Bonchev–Trinajstić information content (AvgIpc) is 3.31. The molecule has 38 heavy (non-hydrogen) atoms. The Morgan fingerprint density at radius 3 is 2.37 bits per heavy atom. The molecule has 0 bridgehead atoms. The second-order valence-electron chi connectivity index (χ2n) is 9.69. The van der Waals surface area contributed by atoms with Crippen molar-refractivity contribution in [3.63, 3.8) is 0 Å². The van der Waals surface area contributed by atoms with Gasteiger partial charge in [-0.25, -0.2) is 9.78 Å². The highest BCUT2D eigenvalue weighted by atomic mass is 19.4. The molecule has 0 saturated carbocycles. The Bertz CT molecular complexity index is 1320. The minimum Gasteiger partial charge on any atom is -0.475 e. The van der Waals surface area contributed by atoms with Crippen LogP contribution in [0.3, 0.4) is 0 Å². The number of carboxylic acids is 1. The largest absolute Gasteiger partial charge is 0.490 e. The first-order valence-electron chi connectivity index (χ1n) is 12.3. The van der Waals surface area contributed by atoms with Crippen LogP contribution in [0.5, 0.6) is 0 Å². The summed E-state index contributed by atoms with van der Waals surface area (Å²) in [6, 6.07) is 10.2. The molecule has 3 aromatic rings. The number of benzene rings is 1. The van der Waals surface area contributed by atoms with Gasteiger partial charge >= 0.3 is 12.1 Å². The molecule has 2 saturated heterocycles. The van der Waals surface area contributed by atoms with E-state index in [-0.39, 0.29) is 12.1 Å². The molecule has 13 heteroatoms. The highest BCUT2D eigenvalue weighted by molar-refractivity contribution is 5.77. The fourth-order valence-electron chi connectivity index (χ4n) is 4.65. The smallest absolute Gasteiger partial charge is 0.475 e. The van der Waals surface area contributed by atoms with Gasteiger partial charge in [0.05, 0.1) is 17.5 Å². The van der Waals surface area contributed by atoms with Crippen molar-refractivity contribution in [1.29, 1.82) is 0 Å². The van der Waals surface area contributed by atoms with Crippen LogP contribution in [0.4, 0.5) is 18.9 Å². The van der Waals surface area contributed by atoms with E-state index in [4.69, 9.17) is 9.90 Å². The van der Waals surface area contributed by atoms with E-state index in [9.17, 15) is 23.1 Å². The molecule has 0 atom stereocenters. The fraction of sp³-hybridized carbons (Fsp3) is 0.480. The van der Waals surface area contributed by atoms with E-state index in [2.05, 4.69) is 45.3 Å². The number of piperazine rings is 1. The summed E-state index contributed by atoms with van der Waals surface area (Å²) >= 11 is 0. The van der Waals surface area contributed by atoms with Gasteiger partial charge in [-0.1, -0.05) is 6.07 Å². The number of hydrogen-bond donors (Lipinski definition) is 3. The number of aromatic nitrogens is 3. The van der Waals surface area contributed by atoms with E-state index in [1.165, 1.54) is 5.69 Å². The predicted octanol–water partition coefficient (Wildman–Crippen LogP) is 1.69. The Labute approximate surface area is 216 Å². The summed E-state index contributed by atoms with van der Waals surface area (Å²) in [7, 11) is 2.15. The number of fused-ring (bicyclic) bond motifs is 1. The SMILES string of the molecule is CN1CCN(c2cccc(-n3ccc4c(=O)n(CC5(O)CCNCC5)cnc43)c2)CC1.O=C(O)C(F)(F)F. The molecular formula is C25H31F3N6O4. The maximum atomic E-state index is 13.1. The summed E-state index contributed by atoms with van der Waals surface area (Å²) in [4.78, 5) is 31.3. The summed E-state index contributed by atoms with van der Waals surface area (Å²) in [5, 5.41) is 21.8. The first-order chi connectivity index (χ1) is 18.0. The molecule has 206 valence electrons. The van der Waals surface area contributed by atoms with E-state index in [0.717, 1.165) is 45.0 Å². The zero-order chi connectivity index (χ0) is 27.5. The van der Waals surface area contributed by atoms with Crippen molar-refractivity contribution in [2.75, 3.05) is 51.2 Å². The number of aliphatic hydroxyl groups is 1. The molecule has 4 heterocycles. The Hall–Kier alpha value is -3.42. The highest BCUT2D eigenvalue weighted by Gasteiger charge is 2.38. The standard InChI is InChI=1S/C23H30N6O2.C2HF3O2/c1-26-11-13-27(14-12-26)18-3-2-4-19(15-18)29-10-5-20-21(29)25-17-28(22(20)30)16-23(31)6-8-24-9-7-23;3-2(4,5)1(6)7/h2-5,10,15,17,24,31H,6-9,11-14,16H2,1H3;(H,6,7). The summed E-state index contributed by atoms with van der Waals surface area (Å²) in [5.41, 5.74) is 1.87. The third-order valence-corrected chi connectivity index (χ3v) is 6.89. The average molecular weight is 537 g/mol. The number of aliphatic carboxylic acids is 1. The second-order valence-corrected chi connectivity index (χ2v) is 9.69. The van der Waals surface area contributed by atoms with E-state index < -0.39 is 17.7 Å². The van der Waals surface area contributed by atoms with E-state index in [0.29, 0.717) is 23.9 Å². The van der Waals surface area contributed by atoms with Crippen molar-refractivity contribution in [1.82, 2.24) is 24.3 Å². The van der Waals surface area contributed by atoms with Gasteiger partial charge in [0.2, 0.25) is 0 Å². The molecular weight excluding hydrogens is 505 g/mol. The zero-order valence-electron chi connectivity index (χ0n) is 21.0. The lowest BCUT2D eigenvalue weighted by Crippen LogP contribution is -2.46. The zero-order valence-corrected chi connectivity index (χ0v) is 21.0. The number of anilines is 1. The van der Waals surface area contributed by atoms with E-state index >= 15 is 0 Å². The topological polar surface area (TPSA) is 116 Å². The molecule has 3 N–H and O–H groups in total. The van der Waals surface area contributed by atoms with Crippen molar-refractivity contribution in [3.05, 3.63) is 53.2 Å². The minimum absolute atomic E-state index is 0.106. The summed E-state index contributed by atoms with van der Waals surface area (Å²) in [6.07, 6.45) is -0.327. The lowest BCUT2D eigenvalue weighted by Gasteiger charge is -2.34. The van der Waals surface area contributed by atoms with Crippen LogP contribution < -0.4 is 15.8 Å². The van der Waals surface area contributed by atoms with Gasteiger partial charge in [0.25, 0.3) is 5.56 Å². The lowest BCUT2D eigenvalue weighted by atomic mass is 9.92. The van der Waals surface area contributed by atoms with Gasteiger partial charge in [0, 0.05) is 43.8 Å². The summed E-state index contributed by atoms with van der Waals surface area (Å²) in [6.45, 7) is 5.93. The Kier molecular flexibility index (Phi) is 8.09. The summed E-state index contributed by atoms with van der Waals surface area (Å²) in [5.74, 6) is -2.76. The van der Waals surface area contributed by atoms with Crippen LogP contribution >= 0.6 is 0 Å². The molecule has 2 aliphatic rings. The van der Waals surface area contributed by atoms with Gasteiger partial charge in [-0.2, -0.15) is 13.2 Å². The molecule has 0 aliphatic carbocycles. The van der Waals surface area contributed by atoms with Gasteiger partial charge < -0.3 is 29.9 Å². The van der Waals surface area contributed by atoms with Gasteiger partial charge in [0.1, 0.15) is 6.33 Å². The van der Waals surface area contributed by atoms with Crippen molar-refractivity contribution >= 4 is 22.7 Å². The molecule has 0 unspecified atom stereocenters. The van der Waals surface area contributed by atoms with Crippen molar-refractivity contribution in [2.24, 2.45) is 0 Å². The molecule has 0 spiro atoms. The monoisotopic (exact) mass is 536 g/mol. The fourth-order valence-corrected chi connectivity index (χ4v) is 4.65. The molecule has 2 aromatic heterocycles. The summed E-state index contributed by atoms with van der Waals surface area (Å²) < 4.78 is 35.3. The van der Waals surface area contributed by atoms with Crippen LogP contribution in [0.25, 0.3) is 16.7 Å². The molecule has 1 aromatic carbocycles. The maximum Gasteiger partial charge on any atom is 0.490 e. The third-order valence-electron chi connectivity index (χ3n) is 6.89. The number of halogens is 3. The predicted molar refractivity (Wildman–Crippen MR) is 136 cm³/mol. The maximum absolute atomic E-state index is 13.1. The molecule has 5 rings (SSSR count). The van der Waals surface area contributed by atoms with Gasteiger partial charge in [-0.05, 0) is 57.2 Å². The van der Waals surface area contributed by atoms with Crippen LogP contribution in [0.2, 0.25) is 0 Å².